The minimum absolute atomic E-state index is 0.0215. The van der Waals surface area contributed by atoms with Gasteiger partial charge in [-0.1, -0.05) is 42.5 Å². The molecule has 0 unspecified atom stereocenters. The molecule has 0 atom stereocenters. The molecule has 2 aromatic rings. The number of amidine groups is 1. The summed E-state index contributed by atoms with van der Waals surface area (Å²) in [6.07, 6.45) is 1.80. The smallest absolute Gasteiger partial charge is 0.307 e. The summed E-state index contributed by atoms with van der Waals surface area (Å²) in [7, 11) is 0. The Morgan fingerprint density at radius 3 is 2.50 bits per heavy atom. The number of amides is 1. The van der Waals surface area contributed by atoms with Crippen molar-refractivity contribution >= 4 is 40.6 Å². The average molecular weight is 338 g/mol. The third-order valence-electron chi connectivity index (χ3n) is 3.27. The normalized spacial score (nSPS) is 17.2. The molecule has 0 aromatic heterocycles. The van der Waals surface area contributed by atoms with E-state index in [1.807, 2.05) is 36.4 Å². The standard InChI is InChI=1S/C18H14N2O3S/c21-16(22)11-13-6-8-14(9-7-13)19-18-20-17(23)15(24-18)10-12-4-2-1-3-5-12/h1-10H,11H2,(H,21,22)(H,19,20,23)/b15-10-. The SMILES string of the molecule is O=C(O)Cc1ccc(N=C2NC(=O)/C(=C/c3ccccc3)S2)cc1. The first-order valence-electron chi connectivity index (χ1n) is 7.25. The number of carboxylic acid groups (broad SMARTS) is 1. The van der Waals surface area contributed by atoms with Crippen LogP contribution in [0, 0.1) is 0 Å². The van der Waals surface area contributed by atoms with E-state index in [1.54, 1.807) is 24.3 Å². The zero-order chi connectivity index (χ0) is 16.9. The number of benzene rings is 2. The number of hydrogen-bond acceptors (Lipinski definition) is 4. The highest BCUT2D eigenvalue weighted by atomic mass is 32.2. The molecule has 0 spiro atoms. The molecule has 0 bridgehead atoms. The van der Waals surface area contributed by atoms with Gasteiger partial charge in [0.05, 0.1) is 17.0 Å². The highest BCUT2D eigenvalue weighted by Gasteiger charge is 2.23. The van der Waals surface area contributed by atoms with Gasteiger partial charge in [-0.15, -0.1) is 0 Å². The molecule has 0 radical (unpaired) electrons. The van der Waals surface area contributed by atoms with Gasteiger partial charge >= 0.3 is 5.97 Å². The van der Waals surface area contributed by atoms with Crippen molar-refractivity contribution in [3.05, 3.63) is 70.6 Å². The lowest BCUT2D eigenvalue weighted by Gasteiger charge is -1.99. The van der Waals surface area contributed by atoms with Crippen molar-refractivity contribution in [2.45, 2.75) is 6.42 Å². The Hall–Kier alpha value is -2.86. The first kappa shape index (κ1) is 16.0. The minimum atomic E-state index is -0.872. The van der Waals surface area contributed by atoms with Crippen LogP contribution in [0.5, 0.6) is 0 Å². The fourth-order valence-corrected chi connectivity index (χ4v) is 3.00. The van der Waals surface area contributed by atoms with E-state index in [0.29, 0.717) is 21.3 Å². The molecule has 0 aliphatic carbocycles. The van der Waals surface area contributed by atoms with E-state index in [9.17, 15) is 9.59 Å². The van der Waals surface area contributed by atoms with E-state index in [4.69, 9.17) is 5.11 Å². The molecule has 1 fully saturated rings. The molecule has 5 nitrogen and oxygen atoms in total. The Morgan fingerprint density at radius 2 is 1.83 bits per heavy atom. The lowest BCUT2D eigenvalue weighted by Crippen LogP contribution is -2.19. The van der Waals surface area contributed by atoms with Gasteiger partial charge in [-0.25, -0.2) is 4.99 Å². The summed E-state index contributed by atoms with van der Waals surface area (Å²) in [5, 5.41) is 12.0. The zero-order valence-electron chi connectivity index (χ0n) is 12.6. The molecule has 1 aliphatic rings. The van der Waals surface area contributed by atoms with Gasteiger partial charge in [0.1, 0.15) is 0 Å². The molecule has 24 heavy (non-hydrogen) atoms. The number of nitrogens with one attached hydrogen (secondary N) is 1. The maximum Gasteiger partial charge on any atom is 0.307 e. The van der Waals surface area contributed by atoms with E-state index in [0.717, 1.165) is 5.56 Å². The quantitative estimate of drug-likeness (QED) is 0.839. The monoisotopic (exact) mass is 338 g/mol. The summed E-state index contributed by atoms with van der Waals surface area (Å²) in [5.41, 5.74) is 2.32. The van der Waals surface area contributed by atoms with Gasteiger partial charge in [-0.3, -0.25) is 9.59 Å². The third-order valence-corrected chi connectivity index (χ3v) is 4.18. The summed E-state index contributed by atoms with van der Waals surface area (Å²) < 4.78 is 0. The second-order valence-electron chi connectivity index (χ2n) is 5.13. The van der Waals surface area contributed by atoms with Crippen LogP contribution in [0.15, 0.2) is 64.5 Å². The Labute approximate surface area is 143 Å². The van der Waals surface area contributed by atoms with Gasteiger partial charge in [0, 0.05) is 0 Å². The second-order valence-corrected chi connectivity index (χ2v) is 6.16. The molecular weight excluding hydrogens is 324 g/mol. The van der Waals surface area contributed by atoms with Gasteiger partial charge in [0.25, 0.3) is 5.91 Å². The molecule has 1 heterocycles. The molecule has 1 amide bonds. The van der Waals surface area contributed by atoms with Crippen LogP contribution >= 0.6 is 11.8 Å². The zero-order valence-corrected chi connectivity index (χ0v) is 13.4. The first-order chi connectivity index (χ1) is 11.6. The molecular formula is C18H14N2O3S. The van der Waals surface area contributed by atoms with Gasteiger partial charge in [-0.05, 0) is 41.1 Å². The van der Waals surface area contributed by atoms with E-state index in [1.165, 1.54) is 11.8 Å². The van der Waals surface area contributed by atoms with Crippen molar-refractivity contribution in [1.29, 1.82) is 0 Å². The maximum absolute atomic E-state index is 12.0. The van der Waals surface area contributed by atoms with Gasteiger partial charge in [0.2, 0.25) is 0 Å². The number of carbonyl (C=O) groups is 2. The molecule has 3 rings (SSSR count). The van der Waals surface area contributed by atoms with Gasteiger partial charge in [0.15, 0.2) is 5.17 Å². The van der Waals surface area contributed by atoms with Crippen LogP contribution < -0.4 is 5.32 Å². The van der Waals surface area contributed by atoms with Crippen LogP contribution in [0.4, 0.5) is 5.69 Å². The van der Waals surface area contributed by atoms with E-state index in [-0.39, 0.29) is 12.3 Å². The Kier molecular flexibility index (Phi) is 4.77. The molecule has 0 saturated carbocycles. The second kappa shape index (κ2) is 7.14. The van der Waals surface area contributed by atoms with Crippen molar-refractivity contribution in [3.63, 3.8) is 0 Å². The van der Waals surface area contributed by atoms with E-state index < -0.39 is 5.97 Å². The van der Waals surface area contributed by atoms with Crippen molar-refractivity contribution in [1.82, 2.24) is 5.32 Å². The van der Waals surface area contributed by atoms with Crippen LogP contribution in [-0.2, 0) is 16.0 Å². The van der Waals surface area contributed by atoms with Gasteiger partial charge < -0.3 is 10.4 Å². The number of aliphatic carboxylic acids is 1. The maximum atomic E-state index is 12.0. The lowest BCUT2D eigenvalue weighted by atomic mass is 10.1. The average Bonchev–Trinajstić information content (AvgIpc) is 2.89. The summed E-state index contributed by atoms with van der Waals surface area (Å²) >= 11 is 1.28. The predicted molar refractivity (Wildman–Crippen MR) is 95.0 cm³/mol. The Bertz CT molecular complexity index is 827. The largest absolute Gasteiger partial charge is 0.481 e. The fraction of sp³-hybridized carbons (Fsp3) is 0.0556. The summed E-state index contributed by atoms with van der Waals surface area (Å²) in [4.78, 5) is 27.6. The molecule has 1 saturated heterocycles. The fourth-order valence-electron chi connectivity index (χ4n) is 2.16. The number of nitrogens with zero attached hydrogens (tertiary/aromatic N) is 1. The van der Waals surface area contributed by atoms with Crippen LogP contribution in [0.25, 0.3) is 6.08 Å². The van der Waals surface area contributed by atoms with Crippen LogP contribution in [0.3, 0.4) is 0 Å². The highest BCUT2D eigenvalue weighted by Crippen LogP contribution is 2.28. The predicted octanol–water partition coefficient (Wildman–Crippen LogP) is 3.21. The Balaban J connectivity index is 1.74. The lowest BCUT2D eigenvalue weighted by molar-refractivity contribution is -0.136. The number of carboxylic acids is 1. The number of carbonyl (C=O) groups excluding carboxylic acids is 1. The molecule has 1 aliphatic heterocycles. The Morgan fingerprint density at radius 1 is 1.12 bits per heavy atom. The summed E-state index contributed by atoms with van der Waals surface area (Å²) in [5.74, 6) is -1.05. The van der Waals surface area contributed by atoms with Gasteiger partial charge in [-0.2, -0.15) is 0 Å². The van der Waals surface area contributed by atoms with Crippen molar-refractivity contribution in [2.75, 3.05) is 0 Å². The van der Waals surface area contributed by atoms with Crippen LogP contribution in [0.1, 0.15) is 11.1 Å². The molecule has 120 valence electrons. The van der Waals surface area contributed by atoms with E-state index in [2.05, 4.69) is 10.3 Å². The van der Waals surface area contributed by atoms with Crippen molar-refractivity contribution in [3.8, 4) is 0 Å². The number of thioether (sulfide) groups is 1. The third kappa shape index (κ3) is 4.11. The summed E-state index contributed by atoms with van der Waals surface area (Å²) in [6, 6.07) is 16.5. The first-order valence-corrected chi connectivity index (χ1v) is 8.07. The number of rotatable bonds is 4. The van der Waals surface area contributed by atoms with Crippen molar-refractivity contribution < 1.29 is 14.7 Å². The highest BCUT2D eigenvalue weighted by molar-refractivity contribution is 8.18. The van der Waals surface area contributed by atoms with E-state index >= 15 is 0 Å². The topological polar surface area (TPSA) is 78.8 Å². The van der Waals surface area contributed by atoms with Crippen molar-refractivity contribution in [2.24, 2.45) is 4.99 Å². The number of aliphatic imine (C=N–C) groups is 1. The van der Waals surface area contributed by atoms with Crippen LogP contribution in [0.2, 0.25) is 0 Å². The minimum Gasteiger partial charge on any atom is -0.481 e. The molecule has 2 N–H and O–H groups in total. The van der Waals surface area contributed by atoms with Crippen LogP contribution in [-0.4, -0.2) is 22.2 Å². The molecule has 6 heteroatoms. The summed E-state index contributed by atoms with van der Waals surface area (Å²) in [6.45, 7) is 0. The number of hydrogen-bond donors (Lipinski definition) is 2. The molecule has 2 aromatic carbocycles.